The second-order valence-corrected chi connectivity index (χ2v) is 9.09. The van der Waals surface area contributed by atoms with E-state index in [1.807, 2.05) is 12.1 Å². The highest BCUT2D eigenvalue weighted by molar-refractivity contribution is 5.90. The van der Waals surface area contributed by atoms with Gasteiger partial charge in [-0.3, -0.25) is 14.5 Å². The Kier molecular flexibility index (Phi) is 5.85. The molecule has 33 heavy (non-hydrogen) atoms. The van der Waals surface area contributed by atoms with Gasteiger partial charge in [0, 0.05) is 49.2 Å². The normalized spacial score (nSPS) is 21.9. The molecule has 2 atom stereocenters. The van der Waals surface area contributed by atoms with Crippen LogP contribution >= 0.6 is 0 Å². The van der Waals surface area contributed by atoms with Crippen molar-refractivity contribution in [1.82, 2.24) is 14.9 Å². The second-order valence-electron chi connectivity index (χ2n) is 9.09. The number of carbonyl (C=O) groups excluding carboxylic acids is 1. The van der Waals surface area contributed by atoms with E-state index in [0.29, 0.717) is 17.3 Å². The molecule has 1 amide bonds. The van der Waals surface area contributed by atoms with Crippen LogP contribution in [0.15, 0.2) is 47.4 Å². The van der Waals surface area contributed by atoms with Gasteiger partial charge < -0.3 is 15.6 Å². The number of rotatable bonds is 4. The number of primary amides is 1. The van der Waals surface area contributed by atoms with Crippen molar-refractivity contribution in [2.24, 2.45) is 5.73 Å². The summed E-state index contributed by atoms with van der Waals surface area (Å²) in [6.45, 7) is 3.72. The van der Waals surface area contributed by atoms with Crippen molar-refractivity contribution in [2.75, 3.05) is 31.1 Å². The third-order valence-corrected chi connectivity index (χ3v) is 7.11. The predicted octanol–water partition coefficient (Wildman–Crippen LogP) is 3.01. The minimum Gasteiger partial charge on any atom is -0.368 e. The third-order valence-electron chi connectivity index (χ3n) is 7.11. The average Bonchev–Trinajstić information content (AvgIpc) is 2.84. The molecule has 1 aromatic carbocycles. The Balaban J connectivity index is 1.24. The second kappa shape index (κ2) is 8.94. The molecule has 1 saturated heterocycles. The van der Waals surface area contributed by atoms with Gasteiger partial charge in [-0.15, -0.1) is 0 Å². The summed E-state index contributed by atoms with van der Waals surface area (Å²) < 4.78 is 13.5. The summed E-state index contributed by atoms with van der Waals surface area (Å²) in [5, 5.41) is 1.20. The molecule has 3 aromatic rings. The number of amides is 1. The topological polar surface area (TPSA) is 95.3 Å². The molecule has 172 valence electrons. The number of carbonyl (C=O) groups is 1. The quantitative estimate of drug-likeness (QED) is 0.639. The van der Waals surface area contributed by atoms with Crippen LogP contribution in [0.1, 0.15) is 47.8 Å². The fourth-order valence-corrected chi connectivity index (χ4v) is 5.32. The minimum atomic E-state index is -0.516. The highest BCUT2D eigenvalue weighted by atomic mass is 19.1. The lowest BCUT2D eigenvalue weighted by molar-refractivity contribution is 0.0995. The fourth-order valence-electron chi connectivity index (χ4n) is 5.32. The number of hydrogen-bond donors (Lipinski definition) is 2. The first-order chi connectivity index (χ1) is 16.0. The molecular weight excluding hydrogens is 421 g/mol. The van der Waals surface area contributed by atoms with Crippen molar-refractivity contribution >= 4 is 22.4 Å². The number of aromatic amines is 1. The summed E-state index contributed by atoms with van der Waals surface area (Å²) in [6, 6.07) is 10.5. The number of piperazine rings is 1. The first-order valence-corrected chi connectivity index (χ1v) is 11.6. The SMILES string of the molecule is NC(=O)c1ccc(N2CCN(C3CCCC(c4cc5ccc(F)cc5c(=O)[nH]4)C3)CC2)cn1. The van der Waals surface area contributed by atoms with Crippen molar-refractivity contribution in [2.45, 2.75) is 37.6 Å². The van der Waals surface area contributed by atoms with Crippen molar-refractivity contribution < 1.29 is 9.18 Å². The lowest BCUT2D eigenvalue weighted by Gasteiger charge is -2.43. The zero-order valence-electron chi connectivity index (χ0n) is 18.5. The molecule has 8 heteroatoms. The Labute approximate surface area is 191 Å². The molecule has 1 aliphatic carbocycles. The van der Waals surface area contributed by atoms with E-state index in [9.17, 15) is 14.0 Å². The van der Waals surface area contributed by atoms with Crippen LogP contribution in [0.2, 0.25) is 0 Å². The van der Waals surface area contributed by atoms with Crippen LogP contribution in [0.3, 0.4) is 0 Å². The molecule has 7 nitrogen and oxygen atoms in total. The molecule has 0 radical (unpaired) electrons. The monoisotopic (exact) mass is 449 g/mol. The molecule has 2 aromatic heterocycles. The Morgan fingerprint density at radius 3 is 2.64 bits per heavy atom. The first kappa shape index (κ1) is 21.6. The Bertz CT molecular complexity index is 1220. The van der Waals surface area contributed by atoms with E-state index in [1.165, 1.54) is 12.1 Å². The highest BCUT2D eigenvalue weighted by Crippen LogP contribution is 2.35. The largest absolute Gasteiger partial charge is 0.368 e. The molecule has 1 aliphatic heterocycles. The van der Waals surface area contributed by atoms with Crippen LogP contribution in [0, 0.1) is 5.82 Å². The van der Waals surface area contributed by atoms with Gasteiger partial charge >= 0.3 is 0 Å². The van der Waals surface area contributed by atoms with Crippen LogP contribution in [-0.4, -0.2) is 53.0 Å². The van der Waals surface area contributed by atoms with Gasteiger partial charge in [0.25, 0.3) is 11.5 Å². The molecule has 2 fully saturated rings. The Morgan fingerprint density at radius 2 is 1.91 bits per heavy atom. The molecule has 5 rings (SSSR count). The maximum absolute atomic E-state index is 13.5. The zero-order valence-corrected chi connectivity index (χ0v) is 18.5. The van der Waals surface area contributed by atoms with Crippen molar-refractivity contribution in [3.8, 4) is 0 Å². The fraction of sp³-hybridized carbons (Fsp3) is 0.400. The summed E-state index contributed by atoms with van der Waals surface area (Å²) in [6.07, 6.45) is 6.06. The Hall–Kier alpha value is -3.26. The van der Waals surface area contributed by atoms with E-state index in [-0.39, 0.29) is 11.3 Å². The molecular formula is C25H28FN5O2. The summed E-state index contributed by atoms with van der Waals surface area (Å²) in [5.74, 6) is -0.607. The van der Waals surface area contributed by atoms with Gasteiger partial charge in [-0.25, -0.2) is 9.37 Å². The van der Waals surface area contributed by atoms with Crippen LogP contribution in [0.4, 0.5) is 10.1 Å². The van der Waals surface area contributed by atoms with Crippen molar-refractivity contribution in [3.05, 3.63) is 70.2 Å². The zero-order chi connectivity index (χ0) is 22.9. The number of H-pyrrole nitrogens is 1. The number of benzene rings is 1. The number of halogens is 1. The number of aromatic nitrogens is 2. The lowest BCUT2D eigenvalue weighted by atomic mass is 9.82. The lowest BCUT2D eigenvalue weighted by Crippen LogP contribution is -2.51. The molecule has 1 saturated carbocycles. The van der Waals surface area contributed by atoms with Crippen LogP contribution in [-0.2, 0) is 0 Å². The van der Waals surface area contributed by atoms with E-state index in [4.69, 9.17) is 5.73 Å². The summed E-state index contributed by atoms with van der Waals surface area (Å²) in [4.78, 5) is 35.8. The minimum absolute atomic E-state index is 0.214. The number of anilines is 1. The van der Waals surface area contributed by atoms with Crippen molar-refractivity contribution in [3.63, 3.8) is 0 Å². The predicted molar refractivity (Wildman–Crippen MR) is 126 cm³/mol. The van der Waals surface area contributed by atoms with Gasteiger partial charge in [0.2, 0.25) is 0 Å². The molecule has 0 bridgehead atoms. The summed E-state index contributed by atoms with van der Waals surface area (Å²) in [7, 11) is 0. The van der Waals surface area contributed by atoms with Crippen molar-refractivity contribution in [1.29, 1.82) is 0 Å². The molecule has 0 spiro atoms. The van der Waals surface area contributed by atoms with E-state index >= 15 is 0 Å². The Morgan fingerprint density at radius 1 is 1.09 bits per heavy atom. The number of fused-ring (bicyclic) bond motifs is 1. The maximum atomic E-state index is 13.5. The molecule has 2 unspecified atom stereocenters. The number of nitrogens with zero attached hydrogens (tertiary/aromatic N) is 3. The number of nitrogens with one attached hydrogen (secondary N) is 1. The smallest absolute Gasteiger partial charge is 0.267 e. The summed E-state index contributed by atoms with van der Waals surface area (Å²) in [5.41, 5.74) is 7.31. The number of nitrogens with two attached hydrogens (primary N) is 1. The standard InChI is InChI=1S/C25H28FN5O2/c26-18-5-4-16-13-23(29-25(33)21(16)14-18)17-2-1-3-19(12-17)30-8-10-31(11-9-30)20-6-7-22(24(27)32)28-15-20/h4-7,13-15,17,19H,1-3,8-12H2,(H2,27,32)(H,29,33). The molecule has 3 N–H and O–H groups in total. The maximum Gasteiger partial charge on any atom is 0.267 e. The highest BCUT2D eigenvalue weighted by Gasteiger charge is 2.30. The van der Waals surface area contributed by atoms with E-state index in [0.717, 1.165) is 68.6 Å². The van der Waals surface area contributed by atoms with Crippen LogP contribution < -0.4 is 16.2 Å². The number of pyridine rings is 2. The van der Waals surface area contributed by atoms with E-state index in [1.54, 1.807) is 18.3 Å². The van der Waals surface area contributed by atoms with Crippen LogP contribution in [0.5, 0.6) is 0 Å². The molecule has 2 aliphatic rings. The average molecular weight is 450 g/mol. The van der Waals surface area contributed by atoms with Gasteiger partial charge in [0.1, 0.15) is 11.5 Å². The van der Waals surface area contributed by atoms with Gasteiger partial charge in [-0.05, 0) is 55.0 Å². The van der Waals surface area contributed by atoms with Gasteiger partial charge in [0.05, 0.1) is 11.9 Å². The van der Waals surface area contributed by atoms with Gasteiger partial charge in [0.15, 0.2) is 0 Å². The summed E-state index contributed by atoms with van der Waals surface area (Å²) >= 11 is 0. The van der Waals surface area contributed by atoms with Gasteiger partial charge in [-0.2, -0.15) is 0 Å². The first-order valence-electron chi connectivity index (χ1n) is 11.6. The molecule has 3 heterocycles. The number of hydrogen-bond acceptors (Lipinski definition) is 5. The van der Waals surface area contributed by atoms with Crippen LogP contribution in [0.25, 0.3) is 10.8 Å². The third kappa shape index (κ3) is 4.48. The van der Waals surface area contributed by atoms with E-state index < -0.39 is 11.7 Å². The van der Waals surface area contributed by atoms with E-state index in [2.05, 4.69) is 19.8 Å². The van der Waals surface area contributed by atoms with Gasteiger partial charge in [-0.1, -0.05) is 12.5 Å².